The molecule has 0 N–H and O–H groups in total. The number of aryl methyl sites for hydroxylation is 1. The molecule has 0 aromatic heterocycles. The predicted molar refractivity (Wildman–Crippen MR) is 79.5 cm³/mol. The largest absolute Gasteiger partial charge is 0.243 e. The number of nitrogens with zero attached hydrogens (tertiary/aromatic N) is 1. The van der Waals surface area contributed by atoms with Gasteiger partial charge in [-0.3, -0.25) is 0 Å². The SMILES string of the molecule is Cc1cc(S(C)(=O)=O)c(C)c(S(=O)(=O)N2CC3(CC3)C2)c1. The van der Waals surface area contributed by atoms with Crippen LogP contribution < -0.4 is 0 Å². The molecule has 0 atom stereocenters. The van der Waals surface area contributed by atoms with Gasteiger partial charge in [-0.25, -0.2) is 16.8 Å². The first-order valence-electron chi connectivity index (χ1n) is 6.87. The van der Waals surface area contributed by atoms with E-state index in [-0.39, 0.29) is 15.2 Å². The minimum Gasteiger partial charge on any atom is -0.224 e. The molecule has 1 aliphatic carbocycles. The van der Waals surface area contributed by atoms with Gasteiger partial charge in [0.25, 0.3) is 0 Å². The van der Waals surface area contributed by atoms with Gasteiger partial charge < -0.3 is 0 Å². The smallest absolute Gasteiger partial charge is 0.224 e. The average molecular weight is 329 g/mol. The quantitative estimate of drug-likeness (QED) is 0.842. The van der Waals surface area contributed by atoms with Crippen LogP contribution in [0.15, 0.2) is 21.9 Å². The van der Waals surface area contributed by atoms with Crippen LogP contribution in [0.3, 0.4) is 0 Å². The highest BCUT2D eigenvalue weighted by Crippen LogP contribution is 2.54. The highest BCUT2D eigenvalue weighted by Gasteiger charge is 2.56. The van der Waals surface area contributed by atoms with Crippen molar-refractivity contribution >= 4 is 19.9 Å². The Bertz CT molecular complexity index is 813. The van der Waals surface area contributed by atoms with Gasteiger partial charge in [0.15, 0.2) is 9.84 Å². The van der Waals surface area contributed by atoms with Gasteiger partial charge in [-0.1, -0.05) is 0 Å². The van der Waals surface area contributed by atoms with E-state index in [0.717, 1.165) is 19.1 Å². The van der Waals surface area contributed by atoms with Crippen LogP contribution in [0.4, 0.5) is 0 Å². The first kappa shape index (κ1) is 15.0. The van der Waals surface area contributed by atoms with Crippen molar-refractivity contribution in [2.24, 2.45) is 5.41 Å². The van der Waals surface area contributed by atoms with E-state index in [0.29, 0.717) is 24.2 Å². The molecule has 1 saturated heterocycles. The van der Waals surface area contributed by atoms with Crippen LogP contribution in [0.25, 0.3) is 0 Å². The van der Waals surface area contributed by atoms with Crippen molar-refractivity contribution < 1.29 is 16.8 Å². The summed E-state index contributed by atoms with van der Waals surface area (Å²) < 4.78 is 50.6. The Morgan fingerprint density at radius 2 is 1.52 bits per heavy atom. The molecule has 1 spiro atoms. The zero-order valence-electron chi connectivity index (χ0n) is 12.4. The van der Waals surface area contributed by atoms with Crippen LogP contribution in [-0.2, 0) is 19.9 Å². The number of hydrogen-bond acceptors (Lipinski definition) is 4. The minimum atomic E-state index is -3.60. The number of sulfone groups is 1. The molecule has 0 unspecified atom stereocenters. The Morgan fingerprint density at radius 3 is 2.00 bits per heavy atom. The molecule has 2 aliphatic rings. The van der Waals surface area contributed by atoms with Gasteiger partial charge in [0, 0.05) is 19.3 Å². The summed E-state index contributed by atoms with van der Waals surface area (Å²) in [5.41, 5.74) is 1.19. The van der Waals surface area contributed by atoms with Crippen LogP contribution in [0, 0.1) is 19.3 Å². The number of sulfonamides is 1. The summed E-state index contributed by atoms with van der Waals surface area (Å²) in [6, 6.07) is 3.10. The van der Waals surface area contributed by atoms with Crippen LogP contribution in [0.1, 0.15) is 24.0 Å². The molecular formula is C14H19NO4S2. The standard InChI is InChI=1S/C14H19NO4S2/c1-10-6-12(20(3,16)17)11(2)13(7-10)21(18,19)15-8-14(9-15)4-5-14/h6-7H,4-5,8-9H2,1-3H3. The average Bonchev–Trinajstić information content (AvgIpc) is 3.08. The molecule has 1 saturated carbocycles. The molecule has 1 aliphatic heterocycles. The summed E-state index contributed by atoms with van der Waals surface area (Å²) in [6.45, 7) is 4.41. The van der Waals surface area contributed by atoms with E-state index in [1.807, 2.05) is 0 Å². The molecule has 1 heterocycles. The molecule has 2 fully saturated rings. The van der Waals surface area contributed by atoms with E-state index in [1.54, 1.807) is 19.9 Å². The Kier molecular flexibility index (Phi) is 3.07. The van der Waals surface area contributed by atoms with Crippen LogP contribution in [-0.4, -0.2) is 40.5 Å². The lowest BCUT2D eigenvalue weighted by Gasteiger charge is -2.39. The molecule has 0 amide bonds. The fourth-order valence-electron chi connectivity index (χ4n) is 2.95. The number of hydrogen-bond donors (Lipinski definition) is 0. The Morgan fingerprint density at radius 1 is 1.00 bits per heavy atom. The highest BCUT2D eigenvalue weighted by atomic mass is 32.2. The maximum absolute atomic E-state index is 12.7. The zero-order chi connectivity index (χ0) is 15.6. The van der Waals surface area contributed by atoms with Crippen LogP contribution in [0.5, 0.6) is 0 Å². The van der Waals surface area contributed by atoms with E-state index in [2.05, 4.69) is 0 Å². The third-order valence-electron chi connectivity index (χ3n) is 4.45. The van der Waals surface area contributed by atoms with E-state index in [4.69, 9.17) is 0 Å². The topological polar surface area (TPSA) is 71.5 Å². The van der Waals surface area contributed by atoms with Crippen molar-refractivity contribution in [3.05, 3.63) is 23.3 Å². The normalized spacial score (nSPS) is 21.3. The van der Waals surface area contributed by atoms with Crippen molar-refractivity contribution in [1.29, 1.82) is 0 Å². The summed E-state index contributed by atoms with van der Waals surface area (Å²) in [5, 5.41) is 0. The molecule has 116 valence electrons. The number of benzene rings is 1. The summed E-state index contributed by atoms with van der Waals surface area (Å²) in [6.07, 6.45) is 3.30. The lowest BCUT2D eigenvalue weighted by Crippen LogP contribution is -2.51. The van der Waals surface area contributed by atoms with Gasteiger partial charge in [0.2, 0.25) is 10.0 Å². The third kappa shape index (κ3) is 2.41. The maximum atomic E-state index is 12.7. The maximum Gasteiger partial charge on any atom is 0.243 e. The second kappa shape index (κ2) is 4.30. The van der Waals surface area contributed by atoms with Gasteiger partial charge in [-0.15, -0.1) is 0 Å². The highest BCUT2D eigenvalue weighted by molar-refractivity contribution is 7.91. The third-order valence-corrected chi connectivity index (χ3v) is 7.60. The van der Waals surface area contributed by atoms with Crippen molar-refractivity contribution in [2.45, 2.75) is 36.5 Å². The van der Waals surface area contributed by atoms with Crippen molar-refractivity contribution in [3.63, 3.8) is 0 Å². The molecule has 0 bridgehead atoms. The fourth-order valence-corrected chi connectivity index (χ4v) is 6.08. The molecule has 7 heteroatoms. The van der Waals surface area contributed by atoms with E-state index < -0.39 is 19.9 Å². The number of rotatable bonds is 3. The van der Waals surface area contributed by atoms with E-state index in [9.17, 15) is 16.8 Å². The van der Waals surface area contributed by atoms with Crippen molar-refractivity contribution in [1.82, 2.24) is 4.31 Å². The second-order valence-electron chi connectivity index (χ2n) is 6.43. The monoisotopic (exact) mass is 329 g/mol. The molecule has 1 aromatic carbocycles. The zero-order valence-corrected chi connectivity index (χ0v) is 14.0. The van der Waals surface area contributed by atoms with E-state index >= 15 is 0 Å². The summed E-state index contributed by atoms with van der Waals surface area (Å²) in [7, 11) is -7.05. The molecule has 3 rings (SSSR count). The first-order chi connectivity index (χ1) is 9.55. The lowest BCUT2D eigenvalue weighted by molar-refractivity contribution is 0.178. The van der Waals surface area contributed by atoms with Crippen molar-refractivity contribution in [3.8, 4) is 0 Å². The molecule has 1 aromatic rings. The Labute approximate surface area is 125 Å². The van der Waals surface area contributed by atoms with Crippen molar-refractivity contribution in [2.75, 3.05) is 19.3 Å². The van der Waals surface area contributed by atoms with E-state index in [1.165, 1.54) is 10.4 Å². The molecular weight excluding hydrogens is 310 g/mol. The Hall–Kier alpha value is -0.920. The lowest BCUT2D eigenvalue weighted by atomic mass is 10.0. The molecule has 5 nitrogen and oxygen atoms in total. The molecule has 21 heavy (non-hydrogen) atoms. The fraction of sp³-hybridized carbons (Fsp3) is 0.571. The van der Waals surface area contributed by atoms with Gasteiger partial charge in [0.05, 0.1) is 9.79 Å². The summed E-state index contributed by atoms with van der Waals surface area (Å²) >= 11 is 0. The van der Waals surface area contributed by atoms with Crippen LogP contribution >= 0.6 is 0 Å². The summed E-state index contributed by atoms with van der Waals surface area (Å²) in [4.78, 5) is 0.223. The first-order valence-corrected chi connectivity index (χ1v) is 10.2. The molecule has 0 radical (unpaired) electrons. The van der Waals surface area contributed by atoms with Gasteiger partial charge in [-0.2, -0.15) is 4.31 Å². The summed E-state index contributed by atoms with van der Waals surface area (Å²) in [5.74, 6) is 0. The second-order valence-corrected chi connectivity index (χ2v) is 10.3. The Balaban J connectivity index is 2.08. The minimum absolute atomic E-state index is 0.0998. The van der Waals surface area contributed by atoms with Gasteiger partial charge in [0.1, 0.15) is 0 Å². The van der Waals surface area contributed by atoms with Crippen LogP contribution in [0.2, 0.25) is 0 Å². The predicted octanol–water partition coefficient (Wildman–Crippen LogP) is 1.49. The van der Waals surface area contributed by atoms with Gasteiger partial charge in [-0.05, 0) is 55.4 Å². The van der Waals surface area contributed by atoms with Gasteiger partial charge >= 0.3 is 0 Å².